The van der Waals surface area contributed by atoms with Gasteiger partial charge in [0.2, 0.25) is 0 Å². The zero-order chi connectivity index (χ0) is 7.21. The molecule has 0 rings (SSSR count). The Bertz CT molecular complexity index is 121. The molecule has 0 amide bonds. The van der Waals surface area contributed by atoms with Crippen molar-refractivity contribution in [2.45, 2.75) is 0 Å². The third kappa shape index (κ3) is 17.8. The van der Waals surface area contributed by atoms with E-state index >= 15 is 0 Å². The van der Waals surface area contributed by atoms with Crippen molar-refractivity contribution in [3.05, 3.63) is 0 Å². The molecule has 0 aromatic carbocycles. The van der Waals surface area contributed by atoms with E-state index in [4.69, 9.17) is 23.0 Å². The fraction of sp³-hybridized carbons (Fsp3) is 0. The Balaban J connectivity index is 0. The minimum atomic E-state index is -4.61. The summed E-state index contributed by atoms with van der Waals surface area (Å²) in [4.78, 5) is 8.00. The molecule has 0 spiro atoms. The molecule has 0 saturated heterocycles. The minimum Gasteiger partial charge on any atom is -0.307 e. The minimum absolute atomic E-state index is 2.00. The molecule has 2 N–H and O–H groups in total. The summed E-state index contributed by atoms with van der Waals surface area (Å²) in [6.07, 6.45) is 0. The van der Waals surface area contributed by atoms with Crippen molar-refractivity contribution in [2.24, 2.45) is 0 Å². The number of carbonyl (C=O) groups is 1. The first-order valence-corrected chi connectivity index (χ1v) is 2.52. The third-order valence-electron chi connectivity index (χ3n) is 0.0942. The summed E-state index contributed by atoms with van der Waals surface area (Å²) in [5.41, 5.74) is 0. The molecule has 0 radical (unpaired) electrons. The smallest absolute Gasteiger partial charge is 0.307 e. The average Bonchev–Trinajstić information content (AvgIpc) is 1.71. The van der Waals surface area contributed by atoms with Crippen LogP contribution in [0.25, 0.3) is 0 Å². The van der Waals surface area contributed by atoms with Crippen LogP contribution in [0, 0.1) is 0 Å². The molecule has 7 heteroatoms. The third-order valence-corrected chi connectivity index (χ3v) is 0.283. The van der Waals surface area contributed by atoms with Gasteiger partial charge in [0.25, 0.3) is 0 Å². The first kappa shape index (κ1) is 10.5. The van der Waals surface area contributed by atoms with E-state index in [9.17, 15) is 0 Å². The maximum atomic E-state index is 9.08. The van der Waals surface area contributed by atoms with Crippen LogP contribution in [0.4, 0.5) is 0 Å². The molecule has 8 heavy (non-hydrogen) atoms. The fourth-order valence-corrected chi connectivity index (χ4v) is 0. The molecule has 0 bridgehead atoms. The SMILES string of the molecule is C=O.O=S(=O)(O)OO. The molecule has 0 atom stereocenters. The van der Waals surface area contributed by atoms with Crippen molar-refractivity contribution in [2.75, 3.05) is 0 Å². The maximum Gasteiger partial charge on any atom is 0.423 e. The van der Waals surface area contributed by atoms with Gasteiger partial charge in [-0.2, -0.15) is 8.42 Å². The molecular formula is CH4O6S. The fourth-order valence-electron chi connectivity index (χ4n) is 0. The predicted molar refractivity (Wildman–Crippen MR) is 22.4 cm³/mol. The van der Waals surface area contributed by atoms with Gasteiger partial charge >= 0.3 is 10.4 Å². The van der Waals surface area contributed by atoms with E-state index in [-0.39, 0.29) is 0 Å². The van der Waals surface area contributed by atoms with Crippen LogP contribution < -0.4 is 0 Å². The van der Waals surface area contributed by atoms with Crippen molar-refractivity contribution in [3.63, 3.8) is 0 Å². The van der Waals surface area contributed by atoms with Crippen LogP contribution in [-0.2, 0) is 19.5 Å². The van der Waals surface area contributed by atoms with E-state index in [0.29, 0.717) is 0 Å². The van der Waals surface area contributed by atoms with Gasteiger partial charge in [-0.05, 0) is 0 Å². The topological polar surface area (TPSA) is 101 Å². The van der Waals surface area contributed by atoms with Gasteiger partial charge in [0.05, 0.1) is 0 Å². The van der Waals surface area contributed by atoms with Gasteiger partial charge in [-0.3, -0.25) is 4.55 Å². The summed E-state index contributed by atoms with van der Waals surface area (Å²) in [6.45, 7) is 2.00. The molecule has 50 valence electrons. The monoisotopic (exact) mass is 144 g/mol. The van der Waals surface area contributed by atoms with E-state index in [1.807, 2.05) is 6.79 Å². The van der Waals surface area contributed by atoms with Crippen LogP contribution in [0.3, 0.4) is 0 Å². The number of hydrogen-bond donors (Lipinski definition) is 2. The van der Waals surface area contributed by atoms with Crippen LogP contribution in [-0.4, -0.2) is 25.0 Å². The van der Waals surface area contributed by atoms with Crippen molar-refractivity contribution < 1.29 is 27.4 Å². The van der Waals surface area contributed by atoms with Crippen LogP contribution in [0.15, 0.2) is 0 Å². The molecule has 0 aliphatic heterocycles. The Morgan fingerprint density at radius 3 is 1.50 bits per heavy atom. The van der Waals surface area contributed by atoms with Gasteiger partial charge in [-0.15, -0.1) is 0 Å². The highest BCUT2D eigenvalue weighted by Gasteiger charge is 1.97. The van der Waals surface area contributed by atoms with Crippen LogP contribution in [0.5, 0.6) is 0 Å². The summed E-state index contributed by atoms with van der Waals surface area (Å²) in [5, 5.41) is 7.06. The van der Waals surface area contributed by atoms with Gasteiger partial charge in [0.1, 0.15) is 6.79 Å². The van der Waals surface area contributed by atoms with Gasteiger partial charge in [0, 0.05) is 0 Å². The lowest BCUT2D eigenvalue weighted by molar-refractivity contribution is -0.139. The first-order valence-electron chi connectivity index (χ1n) is 1.15. The molecule has 0 saturated carbocycles. The second-order valence-corrected chi connectivity index (χ2v) is 1.51. The van der Waals surface area contributed by atoms with Crippen LogP contribution in [0.1, 0.15) is 0 Å². The molecule has 0 fully saturated rings. The Labute approximate surface area is 45.6 Å². The van der Waals surface area contributed by atoms with Gasteiger partial charge < -0.3 is 4.79 Å². The first-order chi connectivity index (χ1) is 3.56. The van der Waals surface area contributed by atoms with Crippen molar-refractivity contribution in [3.8, 4) is 0 Å². The normalized spacial score (nSPS) is 9.25. The molecule has 0 aromatic rings. The lowest BCUT2D eigenvalue weighted by Gasteiger charge is -1.79. The van der Waals surface area contributed by atoms with E-state index in [1.54, 1.807) is 0 Å². The van der Waals surface area contributed by atoms with Gasteiger partial charge in [0.15, 0.2) is 0 Å². The highest BCUT2D eigenvalue weighted by Crippen LogP contribution is 1.74. The Hall–Kier alpha value is -0.500. The molecule has 0 aliphatic carbocycles. The Morgan fingerprint density at radius 2 is 1.50 bits per heavy atom. The van der Waals surface area contributed by atoms with Gasteiger partial charge in [-0.1, -0.05) is 4.33 Å². The highest BCUT2D eigenvalue weighted by atomic mass is 32.3. The van der Waals surface area contributed by atoms with Crippen molar-refractivity contribution in [1.29, 1.82) is 0 Å². The molecule has 0 aromatic heterocycles. The van der Waals surface area contributed by atoms with Crippen LogP contribution >= 0.6 is 0 Å². The molecule has 0 heterocycles. The Morgan fingerprint density at radius 1 is 1.38 bits per heavy atom. The lowest BCUT2D eigenvalue weighted by Crippen LogP contribution is -1.97. The zero-order valence-electron chi connectivity index (χ0n) is 3.64. The summed E-state index contributed by atoms with van der Waals surface area (Å²) < 4.78 is 28.0. The quantitative estimate of drug-likeness (QED) is 0.281. The van der Waals surface area contributed by atoms with Gasteiger partial charge in [-0.25, -0.2) is 5.26 Å². The lowest BCUT2D eigenvalue weighted by atomic mass is 11.9. The van der Waals surface area contributed by atoms with Crippen molar-refractivity contribution >= 4 is 17.2 Å². The summed E-state index contributed by atoms with van der Waals surface area (Å²) in [5.74, 6) is 0. The second kappa shape index (κ2) is 4.65. The summed E-state index contributed by atoms with van der Waals surface area (Å²) in [6, 6.07) is 0. The largest absolute Gasteiger partial charge is 0.423 e. The average molecular weight is 144 g/mol. The molecule has 0 unspecified atom stereocenters. The van der Waals surface area contributed by atoms with Crippen LogP contribution in [0.2, 0.25) is 0 Å². The molecule has 6 nitrogen and oxygen atoms in total. The van der Waals surface area contributed by atoms with E-state index in [2.05, 4.69) is 4.33 Å². The maximum absolute atomic E-state index is 9.08. The van der Waals surface area contributed by atoms with Crippen molar-refractivity contribution in [1.82, 2.24) is 0 Å². The van der Waals surface area contributed by atoms with E-state index < -0.39 is 10.4 Å². The second-order valence-electron chi connectivity index (χ2n) is 0.502. The zero-order valence-corrected chi connectivity index (χ0v) is 4.46. The standard InChI is InChI=1S/CH2O.H2O5S/c1-2;1-5-6(2,3)4/h1H2;1H,(H,2,3,4). The van der Waals surface area contributed by atoms with E-state index in [0.717, 1.165) is 0 Å². The Kier molecular flexibility index (Phi) is 6.09. The number of carbonyl (C=O) groups excluding carboxylic acids is 1. The molecular weight excluding hydrogens is 140 g/mol. The molecule has 0 aliphatic rings. The summed E-state index contributed by atoms with van der Waals surface area (Å²) in [7, 11) is -4.61. The van der Waals surface area contributed by atoms with E-state index in [1.165, 1.54) is 0 Å². The number of hydrogen-bond acceptors (Lipinski definition) is 5. The highest BCUT2D eigenvalue weighted by molar-refractivity contribution is 7.80. The predicted octanol–water partition coefficient (Wildman–Crippen LogP) is -0.906. The summed E-state index contributed by atoms with van der Waals surface area (Å²) >= 11 is 0. The number of rotatable bonds is 1.